The van der Waals surface area contributed by atoms with Gasteiger partial charge in [0.1, 0.15) is 15.9 Å². The van der Waals surface area contributed by atoms with Gasteiger partial charge in [0.05, 0.1) is 23.6 Å². The standard InChI is InChI=1S/C13H9F3N4O3S2/c14-13(15,16)7-23-11-5-4-8(6-17-11)20-25(21,22)10-3-1-2-9-12(10)19-24-18-9/h1-6,20H,7H2. The lowest BCUT2D eigenvalue weighted by atomic mass is 10.3. The molecule has 0 bridgehead atoms. The predicted octanol–water partition coefficient (Wildman–Crippen LogP) is 2.83. The fraction of sp³-hybridized carbons (Fsp3) is 0.154. The average molecular weight is 390 g/mol. The maximum Gasteiger partial charge on any atom is 0.422 e. The molecule has 1 N–H and O–H groups in total. The van der Waals surface area contributed by atoms with E-state index in [1.807, 2.05) is 0 Å². The van der Waals surface area contributed by atoms with Gasteiger partial charge in [-0.2, -0.15) is 21.9 Å². The third-order valence-corrected chi connectivity index (χ3v) is 4.87. The van der Waals surface area contributed by atoms with Gasteiger partial charge in [-0.05, 0) is 18.2 Å². The van der Waals surface area contributed by atoms with E-state index in [9.17, 15) is 21.6 Å². The molecule has 0 fully saturated rings. The molecule has 132 valence electrons. The molecule has 2 aromatic heterocycles. The molecule has 3 aromatic rings. The van der Waals surface area contributed by atoms with Crippen LogP contribution in [-0.4, -0.2) is 34.9 Å². The molecular weight excluding hydrogens is 381 g/mol. The zero-order valence-corrected chi connectivity index (χ0v) is 13.8. The first-order chi connectivity index (χ1) is 11.7. The van der Waals surface area contributed by atoms with E-state index in [4.69, 9.17) is 0 Å². The number of aromatic nitrogens is 3. The molecule has 12 heteroatoms. The van der Waals surface area contributed by atoms with Crippen LogP contribution in [0.2, 0.25) is 0 Å². The highest BCUT2D eigenvalue weighted by Gasteiger charge is 2.28. The maximum absolute atomic E-state index is 12.5. The van der Waals surface area contributed by atoms with Crippen molar-refractivity contribution in [1.29, 1.82) is 0 Å². The predicted molar refractivity (Wildman–Crippen MR) is 84.0 cm³/mol. The van der Waals surface area contributed by atoms with Gasteiger partial charge in [-0.3, -0.25) is 4.72 Å². The summed E-state index contributed by atoms with van der Waals surface area (Å²) in [6, 6.07) is 6.92. The second-order valence-electron chi connectivity index (χ2n) is 4.78. The summed E-state index contributed by atoms with van der Waals surface area (Å²) in [7, 11) is -3.96. The summed E-state index contributed by atoms with van der Waals surface area (Å²) in [5.41, 5.74) is 0.750. The number of benzene rings is 1. The zero-order valence-electron chi connectivity index (χ0n) is 12.2. The number of pyridine rings is 1. The SMILES string of the molecule is O=S(=O)(Nc1ccc(OCC(F)(F)F)nc1)c1cccc2nsnc12. The number of sulfonamides is 1. The molecule has 0 aliphatic carbocycles. The molecule has 0 spiro atoms. The van der Waals surface area contributed by atoms with Crippen LogP contribution < -0.4 is 9.46 Å². The van der Waals surface area contributed by atoms with Gasteiger partial charge >= 0.3 is 6.18 Å². The van der Waals surface area contributed by atoms with Crippen LogP contribution in [0.25, 0.3) is 11.0 Å². The van der Waals surface area contributed by atoms with Crippen LogP contribution in [-0.2, 0) is 10.0 Å². The van der Waals surface area contributed by atoms with Gasteiger partial charge in [-0.25, -0.2) is 13.4 Å². The van der Waals surface area contributed by atoms with Gasteiger partial charge in [-0.1, -0.05) is 6.07 Å². The largest absolute Gasteiger partial charge is 0.468 e. The zero-order chi connectivity index (χ0) is 18.1. The molecule has 0 unspecified atom stereocenters. The Morgan fingerprint density at radius 2 is 1.96 bits per heavy atom. The highest BCUT2D eigenvalue weighted by Crippen LogP contribution is 2.24. The molecular formula is C13H9F3N4O3S2. The topological polar surface area (TPSA) is 94.1 Å². The summed E-state index contributed by atoms with van der Waals surface area (Å²) in [4.78, 5) is 3.58. The van der Waals surface area contributed by atoms with Crippen molar-refractivity contribution in [2.24, 2.45) is 0 Å². The Hall–Kier alpha value is -2.47. The number of ether oxygens (including phenoxy) is 1. The molecule has 0 aliphatic rings. The molecule has 0 atom stereocenters. The third-order valence-electron chi connectivity index (χ3n) is 2.91. The van der Waals surface area contributed by atoms with Crippen LogP contribution in [0.1, 0.15) is 0 Å². The summed E-state index contributed by atoms with van der Waals surface area (Å²) in [6.45, 7) is -1.48. The second kappa shape index (κ2) is 6.44. The van der Waals surface area contributed by atoms with Crippen molar-refractivity contribution in [2.45, 2.75) is 11.1 Å². The van der Waals surface area contributed by atoms with E-state index >= 15 is 0 Å². The Bertz CT molecular complexity index is 988. The van der Waals surface area contributed by atoms with Crippen LogP contribution in [0.15, 0.2) is 41.4 Å². The molecule has 0 saturated carbocycles. The van der Waals surface area contributed by atoms with E-state index in [-0.39, 0.29) is 22.0 Å². The van der Waals surface area contributed by atoms with Crippen molar-refractivity contribution < 1.29 is 26.3 Å². The Labute approximate surface area is 143 Å². The fourth-order valence-electron chi connectivity index (χ4n) is 1.89. The van der Waals surface area contributed by atoms with Crippen molar-refractivity contribution in [1.82, 2.24) is 13.7 Å². The summed E-state index contributed by atoms with van der Waals surface area (Å²) in [6.07, 6.45) is -3.43. The average Bonchev–Trinajstić information content (AvgIpc) is 3.01. The van der Waals surface area contributed by atoms with Gasteiger partial charge in [-0.15, -0.1) is 0 Å². The fourth-order valence-corrected chi connectivity index (χ4v) is 3.70. The minimum Gasteiger partial charge on any atom is -0.468 e. The molecule has 7 nitrogen and oxygen atoms in total. The molecule has 0 amide bonds. The number of nitrogens with one attached hydrogen (secondary N) is 1. The number of alkyl halides is 3. The van der Waals surface area contributed by atoms with Gasteiger partial charge in [0.25, 0.3) is 10.0 Å². The van der Waals surface area contributed by atoms with E-state index in [0.717, 1.165) is 24.0 Å². The number of nitrogens with zero attached hydrogens (tertiary/aromatic N) is 3. The van der Waals surface area contributed by atoms with E-state index in [2.05, 4.69) is 23.2 Å². The first kappa shape index (κ1) is 17.4. The Morgan fingerprint density at radius 1 is 1.16 bits per heavy atom. The van der Waals surface area contributed by atoms with Crippen LogP contribution in [0, 0.1) is 0 Å². The molecule has 0 saturated heterocycles. The van der Waals surface area contributed by atoms with E-state index in [1.54, 1.807) is 6.07 Å². The Balaban J connectivity index is 1.78. The number of rotatable bonds is 5. The van der Waals surface area contributed by atoms with Crippen LogP contribution >= 0.6 is 11.7 Å². The summed E-state index contributed by atoms with van der Waals surface area (Å²) < 4.78 is 75.8. The molecule has 3 rings (SSSR count). The first-order valence-electron chi connectivity index (χ1n) is 6.64. The highest BCUT2D eigenvalue weighted by atomic mass is 32.2. The lowest BCUT2D eigenvalue weighted by Gasteiger charge is -2.10. The number of hydrogen-bond acceptors (Lipinski definition) is 7. The summed E-state index contributed by atoms with van der Waals surface area (Å²) in [5.74, 6) is -0.272. The van der Waals surface area contributed by atoms with Gasteiger partial charge in [0.2, 0.25) is 5.88 Å². The van der Waals surface area contributed by atoms with E-state index in [1.165, 1.54) is 18.2 Å². The normalized spacial score (nSPS) is 12.3. The highest BCUT2D eigenvalue weighted by molar-refractivity contribution is 7.93. The number of hydrogen-bond donors (Lipinski definition) is 1. The first-order valence-corrected chi connectivity index (χ1v) is 8.86. The molecule has 0 radical (unpaired) electrons. The van der Waals surface area contributed by atoms with Crippen molar-refractivity contribution >= 4 is 38.5 Å². The van der Waals surface area contributed by atoms with Gasteiger partial charge < -0.3 is 4.74 Å². The maximum atomic E-state index is 12.5. The van der Waals surface area contributed by atoms with Gasteiger partial charge in [0, 0.05) is 6.07 Å². The Morgan fingerprint density at radius 3 is 2.64 bits per heavy atom. The van der Waals surface area contributed by atoms with Crippen molar-refractivity contribution in [3.8, 4) is 5.88 Å². The summed E-state index contributed by atoms with van der Waals surface area (Å²) in [5, 5.41) is 0. The number of anilines is 1. The van der Waals surface area contributed by atoms with E-state index < -0.39 is 22.8 Å². The van der Waals surface area contributed by atoms with Crippen molar-refractivity contribution in [3.05, 3.63) is 36.5 Å². The number of halogens is 3. The monoisotopic (exact) mass is 390 g/mol. The molecule has 0 aliphatic heterocycles. The third kappa shape index (κ3) is 4.14. The van der Waals surface area contributed by atoms with Crippen molar-refractivity contribution in [3.63, 3.8) is 0 Å². The van der Waals surface area contributed by atoms with Crippen molar-refractivity contribution in [2.75, 3.05) is 11.3 Å². The van der Waals surface area contributed by atoms with E-state index in [0.29, 0.717) is 5.52 Å². The quantitative estimate of drug-likeness (QED) is 0.720. The number of fused-ring (bicyclic) bond motifs is 1. The van der Waals surface area contributed by atoms with Crippen LogP contribution in [0.3, 0.4) is 0 Å². The Kier molecular flexibility index (Phi) is 4.47. The minimum absolute atomic E-state index is 0.0591. The smallest absolute Gasteiger partial charge is 0.422 e. The van der Waals surface area contributed by atoms with Crippen LogP contribution in [0.4, 0.5) is 18.9 Å². The second-order valence-corrected chi connectivity index (χ2v) is 6.96. The lowest BCUT2D eigenvalue weighted by molar-refractivity contribution is -0.154. The molecule has 1 aromatic carbocycles. The van der Waals surface area contributed by atoms with Crippen LogP contribution in [0.5, 0.6) is 5.88 Å². The molecule has 25 heavy (non-hydrogen) atoms. The lowest BCUT2D eigenvalue weighted by Crippen LogP contribution is -2.19. The summed E-state index contributed by atoms with van der Waals surface area (Å²) >= 11 is 0.886. The van der Waals surface area contributed by atoms with Gasteiger partial charge in [0.15, 0.2) is 6.61 Å². The molecule has 2 heterocycles. The minimum atomic E-state index is -4.48.